The SMILES string of the molecule is Cc1ccc(S(=O)(=O)N(Cc2cccs2)c2ccc3c(c2)OCCO3)s1. The van der Waals surface area contributed by atoms with Gasteiger partial charge < -0.3 is 9.47 Å². The molecule has 0 aliphatic carbocycles. The van der Waals surface area contributed by atoms with Crippen LogP contribution in [0.4, 0.5) is 5.69 Å². The van der Waals surface area contributed by atoms with E-state index in [1.54, 1.807) is 24.3 Å². The standard InChI is InChI=1S/C18H17NO4S3/c1-13-4-7-18(25-13)26(20,21)19(12-15-3-2-10-24-15)14-5-6-16-17(11-14)23-9-8-22-16/h2-7,10-11H,8-9,12H2,1H3. The van der Waals surface area contributed by atoms with Gasteiger partial charge in [-0.05, 0) is 42.6 Å². The predicted octanol–water partition coefficient (Wildman–Crippen LogP) is 4.28. The summed E-state index contributed by atoms with van der Waals surface area (Å²) in [6.07, 6.45) is 0. The van der Waals surface area contributed by atoms with Crippen molar-refractivity contribution >= 4 is 38.4 Å². The monoisotopic (exact) mass is 407 g/mol. The van der Waals surface area contributed by atoms with Crippen molar-refractivity contribution in [2.45, 2.75) is 17.7 Å². The van der Waals surface area contributed by atoms with E-state index in [0.717, 1.165) is 9.75 Å². The molecule has 26 heavy (non-hydrogen) atoms. The summed E-state index contributed by atoms with van der Waals surface area (Å²) in [5, 5.41) is 1.94. The largest absolute Gasteiger partial charge is 0.486 e. The van der Waals surface area contributed by atoms with Gasteiger partial charge in [0.1, 0.15) is 17.4 Å². The van der Waals surface area contributed by atoms with Crippen LogP contribution in [0.3, 0.4) is 0 Å². The molecule has 0 saturated carbocycles. The molecular formula is C18H17NO4S3. The first kappa shape index (κ1) is 17.4. The van der Waals surface area contributed by atoms with Crippen molar-refractivity contribution in [3.63, 3.8) is 0 Å². The van der Waals surface area contributed by atoms with Gasteiger partial charge in [-0.25, -0.2) is 8.42 Å². The van der Waals surface area contributed by atoms with Crippen molar-refractivity contribution in [1.82, 2.24) is 0 Å². The number of nitrogens with zero attached hydrogens (tertiary/aromatic N) is 1. The molecule has 1 aromatic carbocycles. The van der Waals surface area contributed by atoms with E-state index < -0.39 is 10.0 Å². The van der Waals surface area contributed by atoms with Crippen molar-refractivity contribution in [3.8, 4) is 11.5 Å². The van der Waals surface area contributed by atoms with Gasteiger partial charge in [0.05, 0.1) is 12.2 Å². The molecule has 0 fully saturated rings. The van der Waals surface area contributed by atoms with Gasteiger partial charge in [-0.2, -0.15) is 0 Å². The molecule has 0 radical (unpaired) electrons. The summed E-state index contributed by atoms with van der Waals surface area (Å²) < 4.78 is 39.6. The maximum Gasteiger partial charge on any atom is 0.274 e. The summed E-state index contributed by atoms with van der Waals surface area (Å²) in [6.45, 7) is 3.13. The van der Waals surface area contributed by atoms with Gasteiger partial charge >= 0.3 is 0 Å². The molecule has 1 aliphatic heterocycles. The van der Waals surface area contributed by atoms with Crippen LogP contribution >= 0.6 is 22.7 Å². The molecule has 4 rings (SSSR count). The fourth-order valence-corrected chi connectivity index (χ4v) is 6.31. The molecule has 3 heterocycles. The lowest BCUT2D eigenvalue weighted by Gasteiger charge is -2.25. The fourth-order valence-electron chi connectivity index (χ4n) is 2.71. The molecule has 2 aromatic heterocycles. The first-order valence-corrected chi connectivity index (χ1v) is 11.2. The fraction of sp³-hybridized carbons (Fsp3) is 0.222. The highest BCUT2D eigenvalue weighted by molar-refractivity contribution is 7.94. The van der Waals surface area contributed by atoms with Crippen LogP contribution in [-0.4, -0.2) is 21.6 Å². The van der Waals surface area contributed by atoms with Crippen LogP contribution in [0.25, 0.3) is 0 Å². The molecule has 0 atom stereocenters. The van der Waals surface area contributed by atoms with Crippen LogP contribution in [-0.2, 0) is 16.6 Å². The van der Waals surface area contributed by atoms with Gasteiger partial charge in [0.25, 0.3) is 10.0 Å². The minimum absolute atomic E-state index is 0.274. The second-order valence-electron chi connectivity index (χ2n) is 5.78. The van der Waals surface area contributed by atoms with Crippen molar-refractivity contribution in [2.24, 2.45) is 0 Å². The number of aryl methyl sites for hydroxylation is 1. The lowest BCUT2D eigenvalue weighted by atomic mass is 10.2. The summed E-state index contributed by atoms with van der Waals surface area (Å²) in [6, 6.07) is 12.6. The summed E-state index contributed by atoms with van der Waals surface area (Å²) in [7, 11) is -3.67. The zero-order valence-electron chi connectivity index (χ0n) is 14.0. The molecular weight excluding hydrogens is 390 g/mol. The number of ether oxygens (including phenoxy) is 2. The van der Waals surface area contributed by atoms with Gasteiger partial charge in [0, 0.05) is 15.8 Å². The van der Waals surface area contributed by atoms with E-state index in [4.69, 9.17) is 9.47 Å². The Balaban J connectivity index is 1.78. The first-order chi connectivity index (χ1) is 12.5. The Bertz CT molecular complexity index is 1010. The maximum atomic E-state index is 13.3. The van der Waals surface area contributed by atoms with Crippen molar-refractivity contribution in [3.05, 3.63) is 57.6 Å². The third-order valence-corrected chi connectivity index (χ3v) is 8.06. The van der Waals surface area contributed by atoms with E-state index in [1.165, 1.54) is 27.0 Å². The second-order valence-corrected chi connectivity index (χ2v) is 10.2. The molecule has 0 unspecified atom stereocenters. The van der Waals surface area contributed by atoms with E-state index in [9.17, 15) is 8.42 Å². The number of anilines is 1. The minimum atomic E-state index is -3.67. The Kier molecular flexibility index (Phi) is 4.64. The molecule has 8 heteroatoms. The van der Waals surface area contributed by atoms with Crippen molar-refractivity contribution in [1.29, 1.82) is 0 Å². The molecule has 5 nitrogen and oxygen atoms in total. The predicted molar refractivity (Wildman–Crippen MR) is 104 cm³/mol. The van der Waals surface area contributed by atoms with E-state index in [2.05, 4.69) is 0 Å². The molecule has 0 amide bonds. The van der Waals surface area contributed by atoms with Gasteiger partial charge in [-0.1, -0.05) is 6.07 Å². The smallest absolute Gasteiger partial charge is 0.274 e. The van der Waals surface area contributed by atoms with Crippen LogP contribution in [0.5, 0.6) is 11.5 Å². The average Bonchev–Trinajstić information content (AvgIpc) is 3.31. The number of benzene rings is 1. The second kappa shape index (κ2) is 6.94. The molecule has 0 saturated heterocycles. The summed E-state index contributed by atoms with van der Waals surface area (Å²) >= 11 is 2.81. The third-order valence-electron chi connectivity index (χ3n) is 3.95. The van der Waals surface area contributed by atoms with Crippen LogP contribution < -0.4 is 13.8 Å². The van der Waals surface area contributed by atoms with Gasteiger partial charge in [0.15, 0.2) is 11.5 Å². The van der Waals surface area contributed by atoms with Crippen LogP contribution in [0, 0.1) is 6.92 Å². The number of thiophene rings is 2. The molecule has 3 aromatic rings. The van der Waals surface area contributed by atoms with Gasteiger partial charge in [-0.3, -0.25) is 4.31 Å². The Labute approximate surface area is 160 Å². The van der Waals surface area contributed by atoms with Crippen LogP contribution in [0.2, 0.25) is 0 Å². The molecule has 136 valence electrons. The number of fused-ring (bicyclic) bond motifs is 1. The molecule has 0 N–H and O–H groups in total. The Morgan fingerprint density at radius 1 is 1.08 bits per heavy atom. The zero-order valence-corrected chi connectivity index (χ0v) is 16.5. The van der Waals surface area contributed by atoms with E-state index >= 15 is 0 Å². The van der Waals surface area contributed by atoms with Gasteiger partial charge in [-0.15, -0.1) is 22.7 Å². The summed E-state index contributed by atoms with van der Waals surface area (Å²) in [5.74, 6) is 1.21. The minimum Gasteiger partial charge on any atom is -0.486 e. The number of hydrogen-bond donors (Lipinski definition) is 0. The summed E-state index contributed by atoms with van der Waals surface area (Å²) in [4.78, 5) is 1.93. The highest BCUT2D eigenvalue weighted by Crippen LogP contribution is 2.37. The lowest BCUT2D eigenvalue weighted by molar-refractivity contribution is 0.171. The van der Waals surface area contributed by atoms with Crippen molar-refractivity contribution < 1.29 is 17.9 Å². The van der Waals surface area contributed by atoms with Gasteiger partial charge in [0.2, 0.25) is 0 Å². The topological polar surface area (TPSA) is 55.8 Å². The highest BCUT2D eigenvalue weighted by Gasteiger charge is 2.28. The lowest BCUT2D eigenvalue weighted by Crippen LogP contribution is -2.30. The summed E-state index contributed by atoms with van der Waals surface area (Å²) in [5.41, 5.74) is 0.564. The number of rotatable bonds is 5. The van der Waals surface area contributed by atoms with Crippen LogP contribution in [0.15, 0.2) is 52.1 Å². The molecule has 1 aliphatic rings. The van der Waals surface area contributed by atoms with E-state index in [0.29, 0.717) is 34.6 Å². The Morgan fingerprint density at radius 3 is 2.58 bits per heavy atom. The zero-order chi connectivity index (χ0) is 18.1. The average molecular weight is 408 g/mol. The Morgan fingerprint density at radius 2 is 1.88 bits per heavy atom. The number of hydrogen-bond acceptors (Lipinski definition) is 6. The third kappa shape index (κ3) is 3.32. The number of sulfonamides is 1. The van der Waals surface area contributed by atoms with E-state index in [-0.39, 0.29) is 6.54 Å². The Hall–Kier alpha value is -2.03. The molecule has 0 bridgehead atoms. The first-order valence-electron chi connectivity index (χ1n) is 8.05. The quantitative estimate of drug-likeness (QED) is 0.633. The van der Waals surface area contributed by atoms with Crippen molar-refractivity contribution in [2.75, 3.05) is 17.5 Å². The molecule has 0 spiro atoms. The van der Waals surface area contributed by atoms with Crippen LogP contribution in [0.1, 0.15) is 9.75 Å². The van der Waals surface area contributed by atoms with E-state index in [1.807, 2.05) is 30.5 Å². The normalized spacial score (nSPS) is 13.6. The highest BCUT2D eigenvalue weighted by atomic mass is 32.2. The maximum absolute atomic E-state index is 13.3.